The van der Waals surface area contributed by atoms with Crippen LogP contribution in [-0.4, -0.2) is 28.1 Å². The molecule has 1 aromatic heterocycles. The zero-order valence-electron chi connectivity index (χ0n) is 14.8. The minimum absolute atomic E-state index is 0.0186. The van der Waals surface area contributed by atoms with Crippen molar-refractivity contribution in [3.05, 3.63) is 87.7 Å². The molecule has 5 nitrogen and oxygen atoms in total. The second-order valence-electron chi connectivity index (χ2n) is 6.02. The van der Waals surface area contributed by atoms with E-state index in [9.17, 15) is 18.4 Å². The maximum absolute atomic E-state index is 13.6. The summed E-state index contributed by atoms with van der Waals surface area (Å²) in [4.78, 5) is 24.4. The summed E-state index contributed by atoms with van der Waals surface area (Å²) < 4.78 is 33.2. The Morgan fingerprint density at radius 1 is 1.14 bits per heavy atom. The molecule has 3 rings (SSSR count). The van der Waals surface area contributed by atoms with Crippen LogP contribution in [0, 0.1) is 18.6 Å². The molecule has 0 radical (unpaired) electrons. The summed E-state index contributed by atoms with van der Waals surface area (Å²) in [6, 6.07) is 11.9. The molecular weight excluding hydrogens is 390 g/mol. The molecule has 0 unspecified atom stereocenters. The van der Waals surface area contributed by atoms with Crippen LogP contribution in [0.5, 0.6) is 0 Å². The van der Waals surface area contributed by atoms with E-state index in [0.29, 0.717) is 12.2 Å². The lowest BCUT2D eigenvalue weighted by atomic mass is 10.1. The van der Waals surface area contributed by atoms with Gasteiger partial charge >= 0.3 is 5.97 Å². The third kappa shape index (κ3) is 4.26. The van der Waals surface area contributed by atoms with Gasteiger partial charge in [0.25, 0.3) is 0 Å². The lowest BCUT2D eigenvalue weighted by Crippen LogP contribution is -2.16. The average molecular weight is 405 g/mol. The summed E-state index contributed by atoms with van der Waals surface area (Å²) >= 11 is 6.26. The number of hydrogen-bond donors (Lipinski definition) is 0. The first-order valence-corrected chi connectivity index (χ1v) is 8.67. The van der Waals surface area contributed by atoms with Gasteiger partial charge in [-0.05, 0) is 30.7 Å². The monoisotopic (exact) mass is 404 g/mol. The van der Waals surface area contributed by atoms with Crippen LogP contribution in [0.2, 0.25) is 5.15 Å². The first-order chi connectivity index (χ1) is 13.4. The molecule has 144 valence electrons. The number of halogens is 3. The van der Waals surface area contributed by atoms with Gasteiger partial charge in [-0.15, -0.1) is 0 Å². The Labute approximate surface area is 164 Å². The van der Waals surface area contributed by atoms with Crippen molar-refractivity contribution in [2.75, 3.05) is 6.61 Å². The Bertz CT molecular complexity index is 1040. The van der Waals surface area contributed by atoms with E-state index in [1.807, 2.05) is 30.3 Å². The number of aromatic nitrogens is 2. The van der Waals surface area contributed by atoms with Crippen LogP contribution in [0.3, 0.4) is 0 Å². The average Bonchev–Trinajstić information content (AvgIpc) is 2.95. The molecule has 0 aliphatic heterocycles. The number of Topliss-reactive ketones (excluding diaryl/α,β-unsaturated/α-hetero) is 1. The number of esters is 1. The van der Waals surface area contributed by atoms with Crippen molar-refractivity contribution in [1.82, 2.24) is 9.78 Å². The summed E-state index contributed by atoms with van der Waals surface area (Å²) in [5.74, 6) is -3.40. The Morgan fingerprint density at radius 3 is 2.57 bits per heavy atom. The number of aryl methyl sites for hydroxylation is 1. The molecule has 0 fully saturated rings. The van der Waals surface area contributed by atoms with Gasteiger partial charge in [-0.3, -0.25) is 4.79 Å². The van der Waals surface area contributed by atoms with E-state index in [4.69, 9.17) is 16.3 Å². The lowest BCUT2D eigenvalue weighted by Gasteiger charge is -2.06. The van der Waals surface area contributed by atoms with Crippen molar-refractivity contribution < 1.29 is 23.1 Å². The van der Waals surface area contributed by atoms with Crippen LogP contribution in [0.15, 0.2) is 48.5 Å². The SMILES string of the molecule is Cc1nn(Cc2ccccc2)c(Cl)c1C(=O)OCC(=O)c1cc(F)ccc1F. The second-order valence-corrected chi connectivity index (χ2v) is 6.38. The van der Waals surface area contributed by atoms with Gasteiger partial charge in [0.2, 0.25) is 5.78 Å². The number of ketones is 1. The molecule has 0 amide bonds. The minimum Gasteiger partial charge on any atom is -0.454 e. The highest BCUT2D eigenvalue weighted by molar-refractivity contribution is 6.32. The maximum Gasteiger partial charge on any atom is 0.343 e. The highest BCUT2D eigenvalue weighted by Crippen LogP contribution is 2.22. The molecule has 2 aromatic carbocycles. The zero-order chi connectivity index (χ0) is 20.3. The molecule has 0 spiro atoms. The van der Waals surface area contributed by atoms with E-state index in [-0.39, 0.29) is 10.7 Å². The standard InChI is InChI=1S/C20H15ClF2N2O3/c1-12-18(19(21)25(24-12)10-13-5-3-2-4-6-13)20(27)28-11-17(26)15-9-14(22)7-8-16(15)23/h2-9H,10-11H2,1H3. The molecule has 0 saturated carbocycles. The van der Waals surface area contributed by atoms with Crippen molar-refractivity contribution >= 4 is 23.4 Å². The summed E-state index contributed by atoms with van der Waals surface area (Å²) in [5.41, 5.74) is 0.791. The topological polar surface area (TPSA) is 61.2 Å². The van der Waals surface area contributed by atoms with Crippen molar-refractivity contribution in [2.45, 2.75) is 13.5 Å². The van der Waals surface area contributed by atoms with Gasteiger partial charge < -0.3 is 4.74 Å². The number of nitrogens with zero attached hydrogens (tertiary/aromatic N) is 2. The Morgan fingerprint density at radius 2 is 1.86 bits per heavy atom. The van der Waals surface area contributed by atoms with Crippen LogP contribution in [0.4, 0.5) is 8.78 Å². The fourth-order valence-corrected chi connectivity index (χ4v) is 2.95. The fraction of sp³-hybridized carbons (Fsp3) is 0.150. The van der Waals surface area contributed by atoms with Crippen LogP contribution in [0.1, 0.15) is 32.0 Å². The van der Waals surface area contributed by atoms with E-state index in [2.05, 4.69) is 5.10 Å². The number of hydrogen-bond acceptors (Lipinski definition) is 4. The third-order valence-corrected chi connectivity index (χ3v) is 4.39. The highest BCUT2D eigenvalue weighted by atomic mass is 35.5. The normalized spacial score (nSPS) is 10.7. The first kappa shape index (κ1) is 19.7. The number of benzene rings is 2. The number of rotatable bonds is 6. The van der Waals surface area contributed by atoms with Gasteiger partial charge in [-0.2, -0.15) is 5.10 Å². The number of carbonyl (C=O) groups is 2. The quantitative estimate of drug-likeness (QED) is 0.456. The number of carbonyl (C=O) groups excluding carboxylic acids is 2. The van der Waals surface area contributed by atoms with Gasteiger partial charge in [0.1, 0.15) is 22.4 Å². The molecule has 0 saturated heterocycles. The molecule has 0 atom stereocenters. The van der Waals surface area contributed by atoms with Crippen molar-refractivity contribution in [3.63, 3.8) is 0 Å². The summed E-state index contributed by atoms with van der Waals surface area (Å²) in [6.45, 7) is 1.18. The Balaban J connectivity index is 1.72. The zero-order valence-corrected chi connectivity index (χ0v) is 15.5. The van der Waals surface area contributed by atoms with Gasteiger partial charge in [-0.25, -0.2) is 18.3 Å². The number of ether oxygens (including phenoxy) is 1. The molecule has 1 heterocycles. The van der Waals surface area contributed by atoms with Crippen molar-refractivity contribution in [2.24, 2.45) is 0 Å². The van der Waals surface area contributed by atoms with Gasteiger partial charge in [-0.1, -0.05) is 41.9 Å². The summed E-state index contributed by atoms with van der Waals surface area (Å²) in [7, 11) is 0. The fourth-order valence-electron chi connectivity index (χ4n) is 2.64. The maximum atomic E-state index is 13.6. The summed E-state index contributed by atoms with van der Waals surface area (Å²) in [5, 5.41) is 4.29. The summed E-state index contributed by atoms with van der Waals surface area (Å²) in [6.07, 6.45) is 0. The van der Waals surface area contributed by atoms with Crippen LogP contribution >= 0.6 is 11.6 Å². The van der Waals surface area contributed by atoms with Crippen LogP contribution in [-0.2, 0) is 11.3 Å². The Kier molecular flexibility index (Phi) is 5.84. The van der Waals surface area contributed by atoms with Gasteiger partial charge in [0.05, 0.1) is 17.8 Å². The Hall–Kier alpha value is -3.06. The molecule has 3 aromatic rings. The van der Waals surface area contributed by atoms with Gasteiger partial charge in [0, 0.05) is 0 Å². The largest absolute Gasteiger partial charge is 0.454 e. The molecule has 0 aliphatic carbocycles. The minimum atomic E-state index is -0.896. The van der Waals surface area contributed by atoms with E-state index in [1.165, 1.54) is 4.68 Å². The van der Waals surface area contributed by atoms with Crippen molar-refractivity contribution in [1.29, 1.82) is 0 Å². The van der Waals surface area contributed by atoms with E-state index in [0.717, 1.165) is 23.8 Å². The second kappa shape index (κ2) is 8.31. The molecule has 28 heavy (non-hydrogen) atoms. The molecule has 8 heteroatoms. The predicted molar refractivity (Wildman–Crippen MR) is 98.5 cm³/mol. The van der Waals surface area contributed by atoms with Gasteiger partial charge in [0.15, 0.2) is 6.61 Å². The van der Waals surface area contributed by atoms with E-state index >= 15 is 0 Å². The smallest absolute Gasteiger partial charge is 0.343 e. The van der Waals surface area contributed by atoms with Crippen LogP contribution in [0.25, 0.3) is 0 Å². The van der Waals surface area contributed by atoms with Crippen LogP contribution < -0.4 is 0 Å². The van der Waals surface area contributed by atoms with Crippen molar-refractivity contribution in [3.8, 4) is 0 Å². The molecular formula is C20H15ClF2N2O3. The highest BCUT2D eigenvalue weighted by Gasteiger charge is 2.23. The predicted octanol–water partition coefficient (Wildman–Crippen LogP) is 4.21. The lowest BCUT2D eigenvalue weighted by molar-refractivity contribution is 0.0473. The van der Waals surface area contributed by atoms with E-state index < -0.39 is 35.6 Å². The molecule has 0 N–H and O–H groups in total. The van der Waals surface area contributed by atoms with E-state index in [1.54, 1.807) is 6.92 Å². The molecule has 0 aliphatic rings. The molecule has 0 bridgehead atoms. The third-order valence-electron chi connectivity index (χ3n) is 4.01. The first-order valence-electron chi connectivity index (χ1n) is 8.29.